The number of aryl methyl sites for hydroxylation is 1. The van der Waals surface area contributed by atoms with Gasteiger partial charge in [0.1, 0.15) is 0 Å². The van der Waals surface area contributed by atoms with E-state index in [1.54, 1.807) is 19.3 Å². The largest absolute Gasteiger partial charge is 0.493 e. The predicted octanol–water partition coefficient (Wildman–Crippen LogP) is 2.68. The van der Waals surface area contributed by atoms with Crippen molar-refractivity contribution in [1.29, 1.82) is 0 Å². The van der Waals surface area contributed by atoms with Gasteiger partial charge < -0.3 is 9.47 Å². The number of carbonyl (C=O) groups excluding carboxylic acids is 2. The number of imide groups is 1. The summed E-state index contributed by atoms with van der Waals surface area (Å²) in [5, 5.41) is -0.354. The first kappa shape index (κ1) is 16.0. The molecule has 0 saturated carbocycles. The lowest BCUT2D eigenvalue weighted by molar-refractivity contribution is -0.122. The van der Waals surface area contributed by atoms with Crippen LogP contribution in [-0.2, 0) is 4.79 Å². The first-order valence-corrected chi connectivity index (χ1v) is 7.25. The number of benzene rings is 1. The Morgan fingerprint density at radius 1 is 1.27 bits per heavy atom. The average molecular weight is 317 g/mol. The molecule has 0 spiro atoms. The Hall–Kier alpha value is -2.39. The zero-order valence-electron chi connectivity index (χ0n) is 12.5. The molecule has 6 heteroatoms. The predicted molar refractivity (Wildman–Crippen MR) is 85.8 cm³/mol. The number of methoxy groups -OCH3 is 2. The van der Waals surface area contributed by atoms with Crippen LogP contribution in [0.2, 0.25) is 0 Å². The van der Waals surface area contributed by atoms with Crippen molar-refractivity contribution in [3.63, 3.8) is 0 Å². The van der Waals surface area contributed by atoms with Gasteiger partial charge in [0.25, 0.3) is 11.1 Å². The first-order valence-electron chi connectivity index (χ1n) is 6.43. The summed E-state index contributed by atoms with van der Waals surface area (Å²) in [6, 6.07) is 3.58. The van der Waals surface area contributed by atoms with Crippen molar-refractivity contribution >= 4 is 29.0 Å². The molecule has 0 radical (unpaired) electrons. The van der Waals surface area contributed by atoms with E-state index in [9.17, 15) is 9.59 Å². The van der Waals surface area contributed by atoms with E-state index in [0.717, 1.165) is 27.8 Å². The molecule has 5 nitrogen and oxygen atoms in total. The Morgan fingerprint density at radius 2 is 1.91 bits per heavy atom. The van der Waals surface area contributed by atoms with E-state index in [-0.39, 0.29) is 17.7 Å². The van der Waals surface area contributed by atoms with Crippen LogP contribution in [0.5, 0.6) is 11.5 Å². The molecule has 0 unspecified atom stereocenters. The van der Waals surface area contributed by atoms with Gasteiger partial charge in [0.05, 0.1) is 25.7 Å². The van der Waals surface area contributed by atoms with Crippen LogP contribution in [0.1, 0.15) is 11.1 Å². The molecule has 0 bridgehead atoms. The molecule has 0 aliphatic carbocycles. The summed E-state index contributed by atoms with van der Waals surface area (Å²) in [4.78, 5) is 25.3. The fraction of sp³-hybridized carbons (Fsp3) is 0.250. The fourth-order valence-corrected chi connectivity index (χ4v) is 2.85. The van der Waals surface area contributed by atoms with Crippen LogP contribution in [0.15, 0.2) is 17.0 Å². The molecule has 22 heavy (non-hydrogen) atoms. The van der Waals surface area contributed by atoms with Crippen molar-refractivity contribution < 1.29 is 19.1 Å². The maximum atomic E-state index is 12.2. The molecule has 1 aromatic rings. The van der Waals surface area contributed by atoms with Crippen LogP contribution in [0.3, 0.4) is 0 Å². The monoisotopic (exact) mass is 317 g/mol. The molecule has 1 fully saturated rings. The molecule has 1 heterocycles. The molecule has 0 N–H and O–H groups in total. The van der Waals surface area contributed by atoms with Gasteiger partial charge in [-0.2, -0.15) is 0 Å². The van der Waals surface area contributed by atoms with Gasteiger partial charge in [0.2, 0.25) is 0 Å². The van der Waals surface area contributed by atoms with Gasteiger partial charge in [-0.1, -0.05) is 5.92 Å². The van der Waals surface area contributed by atoms with Crippen molar-refractivity contribution in [2.45, 2.75) is 6.92 Å². The maximum Gasteiger partial charge on any atom is 0.294 e. The number of nitrogens with zero attached hydrogens (tertiary/aromatic N) is 1. The zero-order chi connectivity index (χ0) is 16.3. The van der Waals surface area contributed by atoms with Crippen molar-refractivity contribution in [1.82, 2.24) is 4.90 Å². The third-order valence-corrected chi connectivity index (χ3v) is 4.09. The number of ether oxygens (including phenoxy) is 2. The van der Waals surface area contributed by atoms with Gasteiger partial charge in [0, 0.05) is 0 Å². The second-order valence-corrected chi connectivity index (χ2v) is 5.53. The van der Waals surface area contributed by atoms with Crippen molar-refractivity contribution in [2.75, 3.05) is 20.8 Å². The van der Waals surface area contributed by atoms with Gasteiger partial charge >= 0.3 is 0 Å². The molecular weight excluding hydrogens is 302 g/mol. The van der Waals surface area contributed by atoms with E-state index in [1.807, 2.05) is 13.0 Å². The molecule has 1 aliphatic rings. The zero-order valence-corrected chi connectivity index (χ0v) is 13.3. The third kappa shape index (κ3) is 2.95. The second kappa shape index (κ2) is 6.58. The highest BCUT2D eigenvalue weighted by Crippen LogP contribution is 2.35. The Labute approximate surface area is 133 Å². The smallest absolute Gasteiger partial charge is 0.294 e. The van der Waals surface area contributed by atoms with Crippen molar-refractivity contribution in [3.8, 4) is 23.8 Å². The summed E-state index contributed by atoms with van der Waals surface area (Å²) in [5.74, 6) is 3.10. The lowest BCUT2D eigenvalue weighted by Crippen LogP contribution is -2.28. The van der Waals surface area contributed by atoms with Crippen molar-refractivity contribution in [3.05, 3.63) is 28.2 Å². The minimum absolute atomic E-state index is 0.0209. The van der Waals surface area contributed by atoms with Crippen LogP contribution < -0.4 is 9.47 Å². The number of hydrogen-bond donors (Lipinski definition) is 0. The molecule has 0 aromatic heterocycles. The number of rotatable bonds is 4. The van der Waals surface area contributed by atoms with E-state index in [0.29, 0.717) is 16.4 Å². The van der Waals surface area contributed by atoms with Gasteiger partial charge in [-0.3, -0.25) is 14.5 Å². The average Bonchev–Trinajstić information content (AvgIpc) is 2.76. The summed E-state index contributed by atoms with van der Waals surface area (Å²) in [7, 11) is 3.10. The van der Waals surface area contributed by atoms with E-state index in [1.165, 1.54) is 7.11 Å². The quantitative estimate of drug-likeness (QED) is 0.631. The molecule has 114 valence electrons. The van der Waals surface area contributed by atoms with E-state index in [4.69, 9.17) is 15.9 Å². The number of carbonyl (C=O) groups is 2. The molecule has 2 rings (SSSR count). The summed E-state index contributed by atoms with van der Waals surface area (Å²) in [5.41, 5.74) is 1.69. The highest BCUT2D eigenvalue weighted by atomic mass is 32.2. The third-order valence-electron chi connectivity index (χ3n) is 3.18. The normalized spacial score (nSPS) is 16.1. The minimum atomic E-state index is -0.373. The van der Waals surface area contributed by atoms with E-state index >= 15 is 0 Å². The van der Waals surface area contributed by atoms with Crippen LogP contribution >= 0.6 is 11.8 Å². The SMILES string of the molecule is C#CCN1C(=O)S/C(=C\c2cc(OC)c(OC)cc2C)C1=O. The second-order valence-electron chi connectivity index (χ2n) is 4.54. The fourth-order valence-electron chi connectivity index (χ4n) is 2.02. The molecule has 2 amide bonds. The molecule has 1 aliphatic heterocycles. The van der Waals surface area contributed by atoms with Crippen LogP contribution in [0.25, 0.3) is 6.08 Å². The molecule has 0 atom stereocenters. The van der Waals surface area contributed by atoms with Gasteiger partial charge in [-0.15, -0.1) is 6.42 Å². The molecule has 1 aromatic carbocycles. The summed E-state index contributed by atoms with van der Waals surface area (Å²) >= 11 is 0.880. The van der Waals surface area contributed by atoms with E-state index in [2.05, 4.69) is 5.92 Å². The van der Waals surface area contributed by atoms with Gasteiger partial charge in [0.15, 0.2) is 11.5 Å². The number of terminal acetylenes is 1. The Balaban J connectivity index is 2.40. The molecule has 1 saturated heterocycles. The number of thioether (sulfide) groups is 1. The Morgan fingerprint density at radius 3 is 2.50 bits per heavy atom. The lowest BCUT2D eigenvalue weighted by Gasteiger charge is -2.11. The van der Waals surface area contributed by atoms with Crippen LogP contribution in [0.4, 0.5) is 4.79 Å². The maximum absolute atomic E-state index is 12.2. The number of amides is 2. The Kier molecular flexibility index (Phi) is 4.78. The molecular formula is C16H15NO4S. The van der Waals surface area contributed by atoms with Gasteiger partial charge in [-0.25, -0.2) is 0 Å². The Bertz CT molecular complexity index is 703. The summed E-state index contributed by atoms with van der Waals surface area (Å²) in [6.07, 6.45) is 6.83. The minimum Gasteiger partial charge on any atom is -0.493 e. The van der Waals surface area contributed by atoms with Gasteiger partial charge in [-0.05, 0) is 48.0 Å². The first-order chi connectivity index (χ1) is 10.5. The summed E-state index contributed by atoms with van der Waals surface area (Å²) < 4.78 is 10.5. The van der Waals surface area contributed by atoms with Crippen molar-refractivity contribution in [2.24, 2.45) is 0 Å². The topological polar surface area (TPSA) is 55.8 Å². The summed E-state index contributed by atoms with van der Waals surface area (Å²) in [6.45, 7) is 1.87. The standard InChI is InChI=1S/C16H15NO4S/c1-5-6-17-15(18)14(22-16(17)19)9-11-8-13(21-4)12(20-3)7-10(11)2/h1,7-9H,6H2,2-4H3/b14-9-. The highest BCUT2D eigenvalue weighted by Gasteiger charge is 2.34. The highest BCUT2D eigenvalue weighted by molar-refractivity contribution is 8.18. The van der Waals surface area contributed by atoms with Crippen LogP contribution in [0, 0.1) is 19.3 Å². The number of hydrogen-bond acceptors (Lipinski definition) is 5. The lowest BCUT2D eigenvalue weighted by atomic mass is 10.1. The van der Waals surface area contributed by atoms with Crippen LogP contribution in [-0.4, -0.2) is 36.8 Å². The van der Waals surface area contributed by atoms with E-state index < -0.39 is 0 Å².